The van der Waals surface area contributed by atoms with E-state index in [4.69, 9.17) is 9.47 Å². The Hall–Kier alpha value is -2.73. The van der Waals surface area contributed by atoms with Gasteiger partial charge in [-0.2, -0.15) is 0 Å². The third kappa shape index (κ3) is 3.10. The number of methoxy groups -OCH3 is 1. The molecule has 2 aliphatic rings. The molecule has 2 saturated heterocycles. The molecular formula is C21H20FNO4. The molecule has 0 saturated carbocycles. The molecule has 27 heavy (non-hydrogen) atoms. The number of amides is 1. The molecule has 1 amide bonds. The van der Waals surface area contributed by atoms with Gasteiger partial charge in [-0.1, -0.05) is 42.5 Å². The lowest BCUT2D eigenvalue weighted by molar-refractivity contribution is -0.163. The molecule has 2 fully saturated rings. The van der Waals surface area contributed by atoms with Gasteiger partial charge < -0.3 is 14.4 Å². The number of hydrogen-bond donors (Lipinski definition) is 0. The molecule has 0 aliphatic carbocycles. The molecule has 4 rings (SSSR count). The van der Waals surface area contributed by atoms with Crippen LogP contribution in [0.1, 0.15) is 29.5 Å². The molecule has 6 heteroatoms. The molecule has 4 atom stereocenters. The molecule has 0 bridgehead atoms. The molecule has 2 heterocycles. The van der Waals surface area contributed by atoms with Gasteiger partial charge >= 0.3 is 5.97 Å². The minimum atomic E-state index is -0.968. The lowest BCUT2D eigenvalue weighted by atomic mass is 9.78. The van der Waals surface area contributed by atoms with E-state index in [1.807, 2.05) is 30.3 Å². The number of ether oxygens (including phenoxy) is 2. The third-order valence-corrected chi connectivity index (χ3v) is 5.41. The predicted octanol–water partition coefficient (Wildman–Crippen LogP) is 3.03. The van der Waals surface area contributed by atoms with Crippen molar-refractivity contribution in [3.63, 3.8) is 0 Å². The molecule has 0 N–H and O–H groups in total. The first-order valence-electron chi connectivity index (χ1n) is 8.92. The van der Waals surface area contributed by atoms with Gasteiger partial charge in [0.05, 0.1) is 19.8 Å². The van der Waals surface area contributed by atoms with Gasteiger partial charge in [0.15, 0.2) is 0 Å². The minimum absolute atomic E-state index is 0.231. The molecular weight excluding hydrogens is 349 g/mol. The van der Waals surface area contributed by atoms with Crippen molar-refractivity contribution >= 4 is 11.9 Å². The van der Waals surface area contributed by atoms with Crippen molar-refractivity contribution in [1.29, 1.82) is 0 Å². The van der Waals surface area contributed by atoms with Crippen molar-refractivity contribution in [2.75, 3.05) is 13.7 Å². The number of carbonyl (C=O) groups is 2. The summed E-state index contributed by atoms with van der Waals surface area (Å²) in [6.45, 7) is 0.379. The van der Waals surface area contributed by atoms with E-state index in [1.165, 1.54) is 19.2 Å². The summed E-state index contributed by atoms with van der Waals surface area (Å²) in [5, 5.41) is 0. The number of rotatable bonds is 3. The summed E-state index contributed by atoms with van der Waals surface area (Å²) in [6.07, 6.45) is 0.0409. The first-order chi connectivity index (χ1) is 13.1. The van der Waals surface area contributed by atoms with Crippen LogP contribution in [0.4, 0.5) is 4.39 Å². The average molecular weight is 369 g/mol. The Labute approximate surface area is 156 Å². The Balaban J connectivity index is 1.69. The zero-order valence-corrected chi connectivity index (χ0v) is 14.9. The Kier molecular flexibility index (Phi) is 4.66. The number of piperidine rings is 1. The zero-order valence-electron chi connectivity index (χ0n) is 14.9. The third-order valence-electron chi connectivity index (χ3n) is 5.41. The van der Waals surface area contributed by atoms with E-state index in [2.05, 4.69) is 0 Å². The highest BCUT2D eigenvalue weighted by atomic mass is 19.1. The second kappa shape index (κ2) is 7.12. The van der Waals surface area contributed by atoms with Crippen molar-refractivity contribution in [1.82, 2.24) is 4.90 Å². The number of esters is 1. The summed E-state index contributed by atoms with van der Waals surface area (Å²) in [7, 11) is 1.28. The van der Waals surface area contributed by atoms with Crippen LogP contribution >= 0.6 is 0 Å². The normalized spacial score (nSPS) is 27.3. The molecule has 2 aromatic rings. The quantitative estimate of drug-likeness (QED) is 0.616. The average Bonchev–Trinajstić information content (AvgIpc) is 3.13. The van der Waals surface area contributed by atoms with E-state index < -0.39 is 24.0 Å². The fourth-order valence-electron chi connectivity index (χ4n) is 4.09. The van der Waals surface area contributed by atoms with Crippen molar-refractivity contribution in [3.05, 3.63) is 71.5 Å². The fraction of sp³-hybridized carbons (Fsp3) is 0.333. The van der Waals surface area contributed by atoms with E-state index in [9.17, 15) is 14.0 Å². The first kappa shape index (κ1) is 17.7. The standard InChI is InChI=1S/C21H20FNO4/c1-26-21(25)19-16(13-7-9-15(22)10-8-13)11-18-23(20(19)24)17(12-27-18)14-5-3-2-4-6-14/h2-10,16-19H,11-12H2,1H3/t16-,17-,18+,19-/m0/s1. The number of hydrogen-bond acceptors (Lipinski definition) is 4. The Morgan fingerprint density at radius 1 is 1.11 bits per heavy atom. The Morgan fingerprint density at radius 2 is 1.81 bits per heavy atom. The summed E-state index contributed by atoms with van der Waals surface area (Å²) in [6, 6.07) is 15.3. The maximum absolute atomic E-state index is 13.3. The van der Waals surface area contributed by atoms with E-state index >= 15 is 0 Å². The van der Waals surface area contributed by atoms with Crippen LogP contribution in [0.25, 0.3) is 0 Å². The maximum Gasteiger partial charge on any atom is 0.318 e. The van der Waals surface area contributed by atoms with Crippen LogP contribution in [0.3, 0.4) is 0 Å². The minimum Gasteiger partial charge on any atom is -0.468 e. The first-order valence-corrected chi connectivity index (χ1v) is 8.92. The van der Waals surface area contributed by atoms with Crippen molar-refractivity contribution in [2.24, 2.45) is 5.92 Å². The molecule has 0 spiro atoms. The Bertz CT molecular complexity index is 839. The monoisotopic (exact) mass is 369 g/mol. The van der Waals surface area contributed by atoms with E-state index in [-0.39, 0.29) is 17.8 Å². The van der Waals surface area contributed by atoms with Gasteiger partial charge in [0.1, 0.15) is 18.0 Å². The fourth-order valence-corrected chi connectivity index (χ4v) is 4.09. The topological polar surface area (TPSA) is 55.8 Å². The second-order valence-corrected chi connectivity index (χ2v) is 6.85. The van der Waals surface area contributed by atoms with Crippen LogP contribution in [-0.2, 0) is 19.1 Å². The van der Waals surface area contributed by atoms with E-state index in [0.717, 1.165) is 11.1 Å². The molecule has 5 nitrogen and oxygen atoms in total. The van der Waals surface area contributed by atoms with Crippen LogP contribution < -0.4 is 0 Å². The zero-order chi connectivity index (χ0) is 19.0. The van der Waals surface area contributed by atoms with Crippen LogP contribution in [0.5, 0.6) is 0 Å². The number of fused-ring (bicyclic) bond motifs is 1. The summed E-state index contributed by atoms with van der Waals surface area (Å²) < 4.78 is 24.1. The molecule has 0 radical (unpaired) electrons. The number of carbonyl (C=O) groups excluding carboxylic acids is 2. The summed E-state index contributed by atoms with van der Waals surface area (Å²) in [4.78, 5) is 27.5. The van der Waals surface area contributed by atoms with E-state index in [1.54, 1.807) is 17.0 Å². The second-order valence-electron chi connectivity index (χ2n) is 6.85. The van der Waals surface area contributed by atoms with Gasteiger partial charge in [-0.15, -0.1) is 0 Å². The molecule has 140 valence electrons. The van der Waals surface area contributed by atoms with Gasteiger partial charge in [0.25, 0.3) is 0 Å². The van der Waals surface area contributed by atoms with Gasteiger partial charge in [-0.25, -0.2) is 4.39 Å². The van der Waals surface area contributed by atoms with Crippen molar-refractivity contribution < 1.29 is 23.5 Å². The number of benzene rings is 2. The van der Waals surface area contributed by atoms with Gasteiger partial charge in [0, 0.05) is 12.3 Å². The summed E-state index contributed by atoms with van der Waals surface area (Å²) in [5.41, 5.74) is 1.70. The van der Waals surface area contributed by atoms with Gasteiger partial charge in [-0.05, 0) is 23.3 Å². The highest BCUT2D eigenvalue weighted by molar-refractivity contribution is 6.00. The van der Waals surface area contributed by atoms with Crippen LogP contribution in [-0.4, -0.2) is 36.7 Å². The van der Waals surface area contributed by atoms with Gasteiger partial charge in [0.2, 0.25) is 5.91 Å². The number of halogens is 1. The molecule has 2 aromatic carbocycles. The van der Waals surface area contributed by atoms with Crippen LogP contribution in [0.2, 0.25) is 0 Å². The summed E-state index contributed by atoms with van der Waals surface area (Å²) >= 11 is 0. The predicted molar refractivity (Wildman–Crippen MR) is 95.0 cm³/mol. The van der Waals surface area contributed by atoms with Crippen molar-refractivity contribution in [3.8, 4) is 0 Å². The van der Waals surface area contributed by atoms with Crippen LogP contribution in [0.15, 0.2) is 54.6 Å². The Morgan fingerprint density at radius 3 is 2.48 bits per heavy atom. The number of nitrogens with zero attached hydrogens (tertiary/aromatic N) is 1. The van der Waals surface area contributed by atoms with Gasteiger partial charge in [-0.3, -0.25) is 9.59 Å². The lowest BCUT2D eigenvalue weighted by Crippen LogP contribution is -2.51. The van der Waals surface area contributed by atoms with Crippen LogP contribution in [0, 0.1) is 11.7 Å². The molecule has 0 unspecified atom stereocenters. The molecule has 0 aromatic heterocycles. The van der Waals surface area contributed by atoms with Crippen molar-refractivity contribution in [2.45, 2.75) is 24.6 Å². The maximum atomic E-state index is 13.3. The van der Waals surface area contributed by atoms with E-state index in [0.29, 0.717) is 13.0 Å². The largest absolute Gasteiger partial charge is 0.468 e. The lowest BCUT2D eigenvalue weighted by Gasteiger charge is -2.40. The highest BCUT2D eigenvalue weighted by Gasteiger charge is 2.52. The smallest absolute Gasteiger partial charge is 0.318 e. The molecule has 2 aliphatic heterocycles. The SMILES string of the molecule is COC(=O)[C@@H]1C(=O)N2[C@@H](C[C@H]1c1ccc(F)cc1)OC[C@H]2c1ccccc1. The summed E-state index contributed by atoms with van der Waals surface area (Å²) in [5.74, 6) is -2.63. The highest BCUT2D eigenvalue weighted by Crippen LogP contribution is 2.44.